The standard InChI is InChI=1S/C12H9N3OS/c13-12-10(9-3-1-2-5-14-9)11(16-15-12)8-4-6-17-7-8/h1-7H,(H2,13,15). The maximum absolute atomic E-state index is 5.84. The first kappa shape index (κ1) is 10.0. The molecule has 0 fully saturated rings. The lowest BCUT2D eigenvalue weighted by molar-refractivity contribution is 0.436. The summed E-state index contributed by atoms with van der Waals surface area (Å²) in [5, 5.41) is 7.79. The van der Waals surface area contributed by atoms with Crippen LogP contribution in [0.5, 0.6) is 0 Å². The molecule has 3 heterocycles. The third-order valence-electron chi connectivity index (χ3n) is 2.42. The van der Waals surface area contributed by atoms with Crippen molar-refractivity contribution in [3.8, 4) is 22.6 Å². The summed E-state index contributed by atoms with van der Waals surface area (Å²) >= 11 is 1.60. The van der Waals surface area contributed by atoms with E-state index in [0.29, 0.717) is 11.6 Å². The fourth-order valence-electron chi connectivity index (χ4n) is 1.65. The van der Waals surface area contributed by atoms with E-state index in [4.69, 9.17) is 10.3 Å². The number of nitrogens with two attached hydrogens (primary N) is 1. The van der Waals surface area contributed by atoms with E-state index >= 15 is 0 Å². The van der Waals surface area contributed by atoms with Crippen LogP contribution in [0.2, 0.25) is 0 Å². The molecule has 2 N–H and O–H groups in total. The maximum atomic E-state index is 5.84. The number of anilines is 1. The van der Waals surface area contributed by atoms with Crippen LogP contribution in [-0.4, -0.2) is 10.1 Å². The molecule has 0 radical (unpaired) electrons. The quantitative estimate of drug-likeness (QED) is 0.751. The van der Waals surface area contributed by atoms with Crippen molar-refractivity contribution in [1.82, 2.24) is 10.1 Å². The van der Waals surface area contributed by atoms with E-state index in [1.807, 2.05) is 35.0 Å². The highest BCUT2D eigenvalue weighted by Crippen LogP contribution is 2.36. The predicted molar refractivity (Wildman–Crippen MR) is 67.5 cm³/mol. The molecule has 0 atom stereocenters. The molecule has 4 nitrogen and oxygen atoms in total. The predicted octanol–water partition coefficient (Wildman–Crippen LogP) is 3.05. The lowest BCUT2D eigenvalue weighted by atomic mass is 10.1. The maximum Gasteiger partial charge on any atom is 0.179 e. The molecule has 3 aromatic rings. The lowest BCUT2D eigenvalue weighted by Gasteiger charge is -1.99. The van der Waals surface area contributed by atoms with E-state index in [0.717, 1.165) is 16.8 Å². The Morgan fingerprint density at radius 3 is 2.88 bits per heavy atom. The molecule has 3 aromatic heterocycles. The van der Waals surface area contributed by atoms with Gasteiger partial charge in [-0.1, -0.05) is 11.2 Å². The van der Waals surface area contributed by atoms with Crippen LogP contribution in [0.4, 0.5) is 5.82 Å². The Labute approximate surface area is 102 Å². The van der Waals surface area contributed by atoms with Gasteiger partial charge in [0.25, 0.3) is 0 Å². The van der Waals surface area contributed by atoms with Crippen LogP contribution >= 0.6 is 11.3 Å². The minimum absolute atomic E-state index is 0.366. The van der Waals surface area contributed by atoms with Crippen molar-refractivity contribution in [2.45, 2.75) is 0 Å². The molecule has 84 valence electrons. The zero-order valence-corrected chi connectivity index (χ0v) is 9.65. The van der Waals surface area contributed by atoms with Gasteiger partial charge in [-0.05, 0) is 23.6 Å². The summed E-state index contributed by atoms with van der Waals surface area (Å²) in [6.07, 6.45) is 1.72. The van der Waals surface area contributed by atoms with Crippen molar-refractivity contribution in [2.75, 3.05) is 5.73 Å². The first-order chi connectivity index (χ1) is 8.36. The van der Waals surface area contributed by atoms with Gasteiger partial charge in [-0.2, -0.15) is 11.3 Å². The molecule has 0 aliphatic rings. The second-order valence-electron chi connectivity index (χ2n) is 3.50. The Bertz CT molecular complexity index is 617. The zero-order chi connectivity index (χ0) is 11.7. The number of nitrogens with zero attached hydrogens (tertiary/aromatic N) is 2. The Kier molecular flexibility index (Phi) is 2.38. The first-order valence-electron chi connectivity index (χ1n) is 5.05. The number of pyridine rings is 1. The van der Waals surface area contributed by atoms with Crippen molar-refractivity contribution in [3.05, 3.63) is 41.2 Å². The average Bonchev–Trinajstić information content (AvgIpc) is 2.98. The zero-order valence-electron chi connectivity index (χ0n) is 8.83. The molecule has 3 rings (SSSR count). The van der Waals surface area contributed by atoms with Crippen LogP contribution in [-0.2, 0) is 0 Å². The second kappa shape index (κ2) is 4.03. The number of aromatic nitrogens is 2. The number of nitrogen functional groups attached to an aromatic ring is 1. The smallest absolute Gasteiger partial charge is 0.179 e. The molecular formula is C12H9N3OS. The van der Waals surface area contributed by atoms with Gasteiger partial charge in [0.2, 0.25) is 0 Å². The summed E-state index contributed by atoms with van der Waals surface area (Å²) in [5.74, 6) is 1.03. The number of hydrogen-bond donors (Lipinski definition) is 1. The van der Waals surface area contributed by atoms with Crippen molar-refractivity contribution < 1.29 is 4.52 Å². The molecule has 0 aliphatic carbocycles. The van der Waals surface area contributed by atoms with Crippen molar-refractivity contribution in [1.29, 1.82) is 0 Å². The van der Waals surface area contributed by atoms with E-state index in [2.05, 4.69) is 10.1 Å². The number of hydrogen-bond acceptors (Lipinski definition) is 5. The number of rotatable bonds is 2. The van der Waals surface area contributed by atoms with Crippen LogP contribution in [0.15, 0.2) is 45.7 Å². The molecule has 0 aromatic carbocycles. The minimum atomic E-state index is 0.366. The summed E-state index contributed by atoms with van der Waals surface area (Å²) in [4.78, 5) is 4.28. The van der Waals surface area contributed by atoms with E-state index in [1.165, 1.54) is 0 Å². The van der Waals surface area contributed by atoms with Gasteiger partial charge in [0.15, 0.2) is 11.6 Å². The fourth-order valence-corrected chi connectivity index (χ4v) is 2.29. The molecule has 0 aliphatic heterocycles. The Hall–Kier alpha value is -2.14. The van der Waals surface area contributed by atoms with Crippen LogP contribution in [0, 0.1) is 0 Å². The number of thiophene rings is 1. The molecule has 0 spiro atoms. The molecule has 0 unspecified atom stereocenters. The monoisotopic (exact) mass is 243 g/mol. The Morgan fingerprint density at radius 2 is 2.18 bits per heavy atom. The highest BCUT2D eigenvalue weighted by atomic mass is 32.1. The van der Waals surface area contributed by atoms with Gasteiger partial charge in [-0.3, -0.25) is 4.98 Å². The summed E-state index contributed by atoms with van der Waals surface area (Å²) in [5.41, 5.74) is 8.33. The van der Waals surface area contributed by atoms with Gasteiger partial charge < -0.3 is 10.3 Å². The van der Waals surface area contributed by atoms with E-state index in [-0.39, 0.29) is 0 Å². The van der Waals surface area contributed by atoms with Gasteiger partial charge in [0.05, 0.1) is 11.3 Å². The van der Waals surface area contributed by atoms with Crippen molar-refractivity contribution >= 4 is 17.2 Å². The Balaban J connectivity index is 2.20. The van der Waals surface area contributed by atoms with Gasteiger partial charge in [-0.25, -0.2) is 0 Å². The summed E-state index contributed by atoms with van der Waals surface area (Å²) in [6.45, 7) is 0. The molecule has 0 bridgehead atoms. The third-order valence-corrected chi connectivity index (χ3v) is 3.11. The van der Waals surface area contributed by atoms with Gasteiger partial charge in [0.1, 0.15) is 0 Å². The molecule has 5 heteroatoms. The molecular weight excluding hydrogens is 234 g/mol. The second-order valence-corrected chi connectivity index (χ2v) is 4.28. The summed E-state index contributed by atoms with van der Waals surface area (Å²) in [7, 11) is 0. The van der Waals surface area contributed by atoms with Crippen LogP contribution in [0.1, 0.15) is 0 Å². The summed E-state index contributed by atoms with van der Waals surface area (Å²) in [6, 6.07) is 7.62. The van der Waals surface area contributed by atoms with Crippen molar-refractivity contribution in [3.63, 3.8) is 0 Å². The molecule has 0 saturated carbocycles. The Morgan fingerprint density at radius 1 is 1.24 bits per heavy atom. The highest BCUT2D eigenvalue weighted by molar-refractivity contribution is 7.08. The molecule has 0 saturated heterocycles. The van der Waals surface area contributed by atoms with Gasteiger partial charge in [-0.15, -0.1) is 0 Å². The van der Waals surface area contributed by atoms with Gasteiger partial charge in [0, 0.05) is 17.1 Å². The summed E-state index contributed by atoms with van der Waals surface area (Å²) < 4.78 is 5.29. The largest absolute Gasteiger partial charge is 0.380 e. The lowest BCUT2D eigenvalue weighted by Crippen LogP contribution is -1.90. The van der Waals surface area contributed by atoms with E-state index in [1.54, 1.807) is 17.5 Å². The van der Waals surface area contributed by atoms with Gasteiger partial charge >= 0.3 is 0 Å². The average molecular weight is 243 g/mol. The van der Waals surface area contributed by atoms with Crippen LogP contribution < -0.4 is 5.73 Å². The fraction of sp³-hybridized carbons (Fsp3) is 0. The highest BCUT2D eigenvalue weighted by Gasteiger charge is 2.18. The minimum Gasteiger partial charge on any atom is -0.380 e. The van der Waals surface area contributed by atoms with E-state index < -0.39 is 0 Å². The van der Waals surface area contributed by atoms with E-state index in [9.17, 15) is 0 Å². The third kappa shape index (κ3) is 1.70. The SMILES string of the molecule is Nc1noc(-c2ccsc2)c1-c1ccccn1. The van der Waals surface area contributed by atoms with Crippen molar-refractivity contribution in [2.24, 2.45) is 0 Å². The topological polar surface area (TPSA) is 64.9 Å². The molecule has 0 amide bonds. The molecule has 17 heavy (non-hydrogen) atoms. The normalized spacial score (nSPS) is 10.6. The van der Waals surface area contributed by atoms with Crippen LogP contribution in [0.25, 0.3) is 22.6 Å². The first-order valence-corrected chi connectivity index (χ1v) is 5.99. The van der Waals surface area contributed by atoms with Crippen LogP contribution in [0.3, 0.4) is 0 Å².